The Bertz CT molecular complexity index is 460. The second-order valence-corrected chi connectivity index (χ2v) is 3.06. The molecule has 13 heavy (non-hydrogen) atoms. The quantitative estimate of drug-likeness (QED) is 0.668. The molecule has 0 amide bonds. The Hall–Kier alpha value is -1.64. The third-order valence-electron chi connectivity index (χ3n) is 1.96. The summed E-state index contributed by atoms with van der Waals surface area (Å²) in [7, 11) is 0. The van der Waals surface area contributed by atoms with Gasteiger partial charge in [0.15, 0.2) is 0 Å². The van der Waals surface area contributed by atoms with Gasteiger partial charge in [0, 0.05) is 5.39 Å². The maximum absolute atomic E-state index is 13.0. The molecule has 0 atom stereocenters. The maximum Gasteiger partial charge on any atom is 0.124 e. The van der Waals surface area contributed by atoms with Gasteiger partial charge in [0.1, 0.15) is 5.82 Å². The van der Waals surface area contributed by atoms with Crippen molar-refractivity contribution < 1.29 is 4.39 Å². The lowest BCUT2D eigenvalue weighted by Crippen LogP contribution is -1.90. The van der Waals surface area contributed by atoms with Crippen LogP contribution in [0.2, 0.25) is 0 Å². The minimum absolute atomic E-state index is 0.252. The van der Waals surface area contributed by atoms with Crippen LogP contribution < -0.4 is 5.73 Å². The molecule has 0 saturated heterocycles. The Kier molecular flexibility index (Phi) is 1.65. The van der Waals surface area contributed by atoms with Crippen LogP contribution in [0.25, 0.3) is 10.9 Å². The van der Waals surface area contributed by atoms with Gasteiger partial charge in [-0.2, -0.15) is 0 Å². The summed E-state index contributed by atoms with van der Waals surface area (Å²) < 4.78 is 13.0. The van der Waals surface area contributed by atoms with Crippen LogP contribution in [0, 0.1) is 12.7 Å². The van der Waals surface area contributed by atoms with Crippen molar-refractivity contribution in [2.24, 2.45) is 0 Å². The van der Waals surface area contributed by atoms with Gasteiger partial charge >= 0.3 is 0 Å². The molecule has 2 aromatic rings. The van der Waals surface area contributed by atoms with Crippen molar-refractivity contribution in [2.45, 2.75) is 6.92 Å². The van der Waals surface area contributed by atoms with Crippen molar-refractivity contribution in [2.75, 3.05) is 5.73 Å². The van der Waals surface area contributed by atoms with Crippen LogP contribution in [0.1, 0.15) is 5.56 Å². The first-order valence-corrected chi connectivity index (χ1v) is 3.98. The van der Waals surface area contributed by atoms with Crippen LogP contribution in [0.4, 0.5) is 10.1 Å². The summed E-state index contributed by atoms with van der Waals surface area (Å²) >= 11 is 0. The number of fused-ring (bicyclic) bond motifs is 1. The lowest BCUT2D eigenvalue weighted by Gasteiger charge is -2.02. The average Bonchev–Trinajstić information content (AvgIpc) is 2.02. The number of pyridine rings is 1. The first kappa shape index (κ1) is 7.98. The van der Waals surface area contributed by atoms with Crippen LogP contribution in [-0.2, 0) is 0 Å². The number of hydrogen-bond acceptors (Lipinski definition) is 2. The SMILES string of the molecule is Cc1cc(F)cc2cc(N)cnc12. The number of anilines is 1. The molecule has 66 valence electrons. The van der Waals surface area contributed by atoms with Gasteiger partial charge in [-0.1, -0.05) is 0 Å². The fourth-order valence-electron chi connectivity index (χ4n) is 1.40. The van der Waals surface area contributed by atoms with Crippen molar-refractivity contribution >= 4 is 16.6 Å². The fourth-order valence-corrected chi connectivity index (χ4v) is 1.40. The first-order valence-electron chi connectivity index (χ1n) is 3.98. The highest BCUT2D eigenvalue weighted by atomic mass is 19.1. The van der Waals surface area contributed by atoms with Crippen LogP contribution in [0.3, 0.4) is 0 Å². The zero-order valence-electron chi connectivity index (χ0n) is 7.21. The minimum Gasteiger partial charge on any atom is -0.397 e. The standard InChI is InChI=1S/C10H9FN2/c1-6-2-8(11)3-7-4-9(12)5-13-10(6)7/h2-5H,12H2,1H3. The number of benzene rings is 1. The van der Waals surface area contributed by atoms with Gasteiger partial charge in [-0.05, 0) is 30.7 Å². The normalized spacial score (nSPS) is 10.6. The zero-order valence-corrected chi connectivity index (χ0v) is 7.21. The summed E-state index contributed by atoms with van der Waals surface area (Å²) in [6.45, 7) is 1.83. The Morgan fingerprint density at radius 3 is 2.85 bits per heavy atom. The Balaban J connectivity index is 2.86. The third-order valence-corrected chi connectivity index (χ3v) is 1.96. The Morgan fingerprint density at radius 1 is 1.31 bits per heavy atom. The van der Waals surface area contributed by atoms with E-state index in [1.54, 1.807) is 12.3 Å². The molecule has 0 radical (unpaired) electrons. The number of aromatic nitrogens is 1. The van der Waals surface area contributed by atoms with E-state index in [-0.39, 0.29) is 5.82 Å². The Labute approximate surface area is 75.2 Å². The molecule has 0 aliphatic rings. The van der Waals surface area contributed by atoms with Crippen molar-refractivity contribution in [3.8, 4) is 0 Å². The number of nitrogens with zero attached hydrogens (tertiary/aromatic N) is 1. The summed E-state index contributed by atoms with van der Waals surface area (Å²) in [6.07, 6.45) is 1.58. The van der Waals surface area contributed by atoms with E-state index < -0.39 is 0 Å². The van der Waals surface area contributed by atoms with Crippen LogP contribution in [0.5, 0.6) is 0 Å². The first-order chi connectivity index (χ1) is 6.16. The van der Waals surface area contributed by atoms with E-state index in [0.717, 1.165) is 16.5 Å². The molecule has 2 N–H and O–H groups in total. The van der Waals surface area contributed by atoms with Crippen LogP contribution in [0.15, 0.2) is 24.4 Å². The number of nitrogen functional groups attached to an aromatic ring is 1. The van der Waals surface area contributed by atoms with Gasteiger partial charge in [-0.3, -0.25) is 4.98 Å². The van der Waals surface area contributed by atoms with E-state index in [1.807, 2.05) is 6.92 Å². The molecule has 2 rings (SSSR count). The van der Waals surface area contributed by atoms with Crippen LogP contribution >= 0.6 is 0 Å². The van der Waals surface area contributed by atoms with Gasteiger partial charge in [-0.15, -0.1) is 0 Å². The number of halogens is 1. The zero-order chi connectivity index (χ0) is 9.42. The van der Waals surface area contributed by atoms with E-state index in [2.05, 4.69) is 4.98 Å². The largest absolute Gasteiger partial charge is 0.397 e. The highest BCUT2D eigenvalue weighted by molar-refractivity contribution is 5.83. The summed E-state index contributed by atoms with van der Waals surface area (Å²) in [6, 6.07) is 4.62. The van der Waals surface area contributed by atoms with Gasteiger partial charge in [0.2, 0.25) is 0 Å². The smallest absolute Gasteiger partial charge is 0.124 e. The van der Waals surface area contributed by atoms with Crippen molar-refractivity contribution in [3.05, 3.63) is 35.8 Å². The average molecular weight is 176 g/mol. The molecule has 0 unspecified atom stereocenters. The molecule has 1 heterocycles. The summed E-state index contributed by atoms with van der Waals surface area (Å²) in [5, 5.41) is 0.748. The van der Waals surface area contributed by atoms with E-state index in [9.17, 15) is 4.39 Å². The number of rotatable bonds is 0. The molecule has 2 nitrogen and oxygen atoms in total. The van der Waals surface area contributed by atoms with Crippen molar-refractivity contribution in [1.29, 1.82) is 0 Å². The molecule has 0 spiro atoms. The maximum atomic E-state index is 13.0. The summed E-state index contributed by atoms with van der Waals surface area (Å²) in [5.41, 5.74) is 7.72. The van der Waals surface area contributed by atoms with Gasteiger partial charge < -0.3 is 5.73 Å². The third kappa shape index (κ3) is 1.33. The predicted molar refractivity (Wildman–Crippen MR) is 50.9 cm³/mol. The fraction of sp³-hybridized carbons (Fsp3) is 0.100. The highest BCUT2D eigenvalue weighted by Gasteiger charge is 2.01. The van der Waals surface area contributed by atoms with Crippen LogP contribution in [-0.4, -0.2) is 4.98 Å². The van der Waals surface area contributed by atoms with Gasteiger partial charge in [0.25, 0.3) is 0 Å². The topological polar surface area (TPSA) is 38.9 Å². The second-order valence-electron chi connectivity index (χ2n) is 3.06. The molecule has 0 aliphatic heterocycles. The molecule has 3 heteroatoms. The molecule has 0 fully saturated rings. The van der Waals surface area contributed by atoms with Gasteiger partial charge in [-0.25, -0.2) is 4.39 Å². The number of hydrogen-bond donors (Lipinski definition) is 1. The number of nitrogens with two attached hydrogens (primary N) is 1. The molecule has 0 bridgehead atoms. The Morgan fingerprint density at radius 2 is 2.08 bits per heavy atom. The molecule has 0 aliphatic carbocycles. The molecule has 1 aromatic heterocycles. The lowest BCUT2D eigenvalue weighted by molar-refractivity contribution is 0.628. The lowest BCUT2D eigenvalue weighted by atomic mass is 10.1. The second kappa shape index (κ2) is 2.69. The molecular formula is C10H9FN2. The van der Waals surface area contributed by atoms with E-state index in [4.69, 9.17) is 5.73 Å². The van der Waals surface area contributed by atoms with E-state index in [1.165, 1.54) is 12.1 Å². The molecular weight excluding hydrogens is 167 g/mol. The summed E-state index contributed by atoms with van der Waals surface area (Å²) in [5.74, 6) is -0.252. The molecule has 1 aromatic carbocycles. The van der Waals surface area contributed by atoms with E-state index >= 15 is 0 Å². The number of aryl methyl sites for hydroxylation is 1. The minimum atomic E-state index is -0.252. The summed E-state index contributed by atoms with van der Waals surface area (Å²) in [4.78, 5) is 4.13. The van der Waals surface area contributed by atoms with E-state index in [0.29, 0.717) is 5.69 Å². The van der Waals surface area contributed by atoms with Crippen molar-refractivity contribution in [1.82, 2.24) is 4.98 Å². The molecule has 0 saturated carbocycles. The predicted octanol–water partition coefficient (Wildman–Crippen LogP) is 2.26. The van der Waals surface area contributed by atoms with Crippen molar-refractivity contribution in [3.63, 3.8) is 0 Å². The highest BCUT2D eigenvalue weighted by Crippen LogP contribution is 2.19. The monoisotopic (exact) mass is 176 g/mol. The van der Waals surface area contributed by atoms with Gasteiger partial charge in [0.05, 0.1) is 17.4 Å².